The molecule has 0 radical (unpaired) electrons. The van der Waals surface area contributed by atoms with Crippen molar-refractivity contribution in [3.63, 3.8) is 0 Å². The fraction of sp³-hybridized carbons (Fsp3) is 1.00. The van der Waals surface area contributed by atoms with Crippen molar-refractivity contribution < 1.29 is 0 Å². The molecule has 0 amide bonds. The van der Waals surface area contributed by atoms with Gasteiger partial charge < -0.3 is 10.2 Å². The van der Waals surface area contributed by atoms with E-state index >= 15 is 0 Å². The van der Waals surface area contributed by atoms with Gasteiger partial charge in [0.1, 0.15) is 0 Å². The largest absolute Gasteiger partial charge is 0.317 e. The first-order valence-corrected chi connectivity index (χ1v) is 6.24. The third kappa shape index (κ3) is 3.58. The maximum Gasteiger partial charge on any atom is 0.000756 e. The third-order valence-corrected chi connectivity index (χ3v) is 3.64. The van der Waals surface area contributed by atoms with Crippen molar-refractivity contribution in [2.24, 2.45) is 11.8 Å². The molecule has 1 saturated carbocycles. The summed E-state index contributed by atoms with van der Waals surface area (Å²) in [5.41, 5.74) is 0. The summed E-state index contributed by atoms with van der Waals surface area (Å²) in [6.45, 7) is 5.13. The van der Waals surface area contributed by atoms with E-state index in [2.05, 4.69) is 17.3 Å². The number of rotatable bonds is 5. The molecule has 0 aromatic rings. The highest BCUT2D eigenvalue weighted by Crippen LogP contribution is 2.32. The van der Waals surface area contributed by atoms with Crippen molar-refractivity contribution in [1.82, 2.24) is 10.2 Å². The van der Waals surface area contributed by atoms with Gasteiger partial charge in [0.15, 0.2) is 0 Å². The zero-order chi connectivity index (χ0) is 9.80. The fourth-order valence-corrected chi connectivity index (χ4v) is 2.41. The Hall–Kier alpha value is -0.0800. The van der Waals surface area contributed by atoms with Crippen LogP contribution in [-0.4, -0.2) is 38.1 Å². The Morgan fingerprint density at radius 3 is 2.43 bits per heavy atom. The first-order valence-electron chi connectivity index (χ1n) is 6.24. The van der Waals surface area contributed by atoms with Crippen LogP contribution >= 0.6 is 0 Å². The molecule has 2 heteroatoms. The smallest absolute Gasteiger partial charge is 0.000756 e. The van der Waals surface area contributed by atoms with Crippen LogP contribution in [-0.2, 0) is 0 Å². The van der Waals surface area contributed by atoms with Crippen molar-refractivity contribution >= 4 is 0 Å². The van der Waals surface area contributed by atoms with E-state index in [1.807, 2.05) is 0 Å². The van der Waals surface area contributed by atoms with Crippen LogP contribution in [0.15, 0.2) is 0 Å². The van der Waals surface area contributed by atoms with Gasteiger partial charge in [-0.2, -0.15) is 0 Å². The molecule has 2 nitrogen and oxygen atoms in total. The lowest BCUT2D eigenvalue weighted by molar-refractivity contribution is 0.235. The maximum atomic E-state index is 3.43. The summed E-state index contributed by atoms with van der Waals surface area (Å²) in [4.78, 5) is 2.55. The Kier molecular flexibility index (Phi) is 3.82. The van der Waals surface area contributed by atoms with E-state index in [1.54, 1.807) is 0 Å². The highest BCUT2D eigenvalue weighted by molar-refractivity contribution is 4.76. The molecule has 0 bridgehead atoms. The molecule has 0 unspecified atom stereocenters. The Labute approximate surface area is 88.1 Å². The number of piperidine rings is 1. The van der Waals surface area contributed by atoms with Crippen LogP contribution < -0.4 is 5.32 Å². The highest BCUT2D eigenvalue weighted by atomic mass is 15.1. The molecule has 0 atom stereocenters. The van der Waals surface area contributed by atoms with Crippen LogP contribution in [0.25, 0.3) is 0 Å². The summed E-state index contributed by atoms with van der Waals surface area (Å²) in [7, 11) is 2.30. The molecular weight excluding hydrogens is 172 g/mol. The van der Waals surface area contributed by atoms with Crippen LogP contribution in [0.4, 0.5) is 0 Å². The summed E-state index contributed by atoms with van der Waals surface area (Å²) in [5, 5.41) is 3.43. The van der Waals surface area contributed by atoms with Crippen molar-refractivity contribution in [2.75, 3.05) is 33.2 Å². The second-order valence-corrected chi connectivity index (χ2v) is 5.19. The van der Waals surface area contributed by atoms with Crippen LogP contribution in [0.1, 0.15) is 32.1 Å². The van der Waals surface area contributed by atoms with Crippen molar-refractivity contribution in [2.45, 2.75) is 32.1 Å². The summed E-state index contributed by atoms with van der Waals surface area (Å²) in [6, 6.07) is 0. The molecule has 0 aromatic heterocycles. The minimum absolute atomic E-state index is 0.959. The molecule has 1 aliphatic carbocycles. The zero-order valence-corrected chi connectivity index (χ0v) is 9.47. The highest BCUT2D eigenvalue weighted by Gasteiger charge is 2.22. The monoisotopic (exact) mass is 196 g/mol. The Morgan fingerprint density at radius 1 is 1.07 bits per heavy atom. The summed E-state index contributed by atoms with van der Waals surface area (Å²) in [6.07, 6.45) is 7.21. The molecule has 1 N–H and O–H groups in total. The van der Waals surface area contributed by atoms with E-state index in [0.717, 1.165) is 11.8 Å². The topological polar surface area (TPSA) is 15.3 Å². The van der Waals surface area contributed by atoms with E-state index in [4.69, 9.17) is 0 Å². The van der Waals surface area contributed by atoms with Gasteiger partial charge in [0.25, 0.3) is 0 Å². The predicted octanol–water partition coefficient (Wildman–Crippen LogP) is 1.72. The summed E-state index contributed by atoms with van der Waals surface area (Å²) >= 11 is 0. The Morgan fingerprint density at radius 2 is 1.79 bits per heavy atom. The Bertz CT molecular complexity index is 160. The van der Waals surface area contributed by atoms with Crippen molar-refractivity contribution in [1.29, 1.82) is 0 Å². The SMILES string of the molecule is CN(CCC1CC1)CC1CCNCC1. The maximum absolute atomic E-state index is 3.43. The quantitative estimate of drug-likeness (QED) is 0.720. The molecule has 0 aromatic carbocycles. The van der Waals surface area contributed by atoms with Gasteiger partial charge in [0.05, 0.1) is 0 Å². The number of nitrogens with one attached hydrogen (secondary N) is 1. The molecule has 14 heavy (non-hydrogen) atoms. The van der Waals surface area contributed by atoms with Gasteiger partial charge in [0.2, 0.25) is 0 Å². The normalized spacial score (nSPS) is 24.4. The molecule has 82 valence electrons. The zero-order valence-electron chi connectivity index (χ0n) is 9.47. The van der Waals surface area contributed by atoms with Gasteiger partial charge >= 0.3 is 0 Å². The average molecular weight is 196 g/mol. The summed E-state index contributed by atoms with van der Waals surface area (Å²) < 4.78 is 0. The average Bonchev–Trinajstić information content (AvgIpc) is 3.00. The standard InChI is InChI=1S/C12H24N2/c1-14(9-6-11-2-3-11)10-12-4-7-13-8-5-12/h11-13H,2-10H2,1H3. The van der Waals surface area contributed by atoms with E-state index < -0.39 is 0 Å². The second-order valence-electron chi connectivity index (χ2n) is 5.19. The van der Waals surface area contributed by atoms with Gasteiger partial charge in [0, 0.05) is 6.54 Å². The molecule has 2 aliphatic rings. The minimum atomic E-state index is 0.959. The fourth-order valence-electron chi connectivity index (χ4n) is 2.41. The lowest BCUT2D eigenvalue weighted by Crippen LogP contribution is -2.35. The predicted molar refractivity (Wildman–Crippen MR) is 60.4 cm³/mol. The van der Waals surface area contributed by atoms with Gasteiger partial charge in [-0.1, -0.05) is 12.8 Å². The van der Waals surface area contributed by atoms with Crippen LogP contribution in [0, 0.1) is 11.8 Å². The van der Waals surface area contributed by atoms with Gasteiger partial charge in [-0.3, -0.25) is 0 Å². The van der Waals surface area contributed by atoms with Crippen molar-refractivity contribution in [3.8, 4) is 0 Å². The lowest BCUT2D eigenvalue weighted by Gasteiger charge is -2.27. The molecule has 1 heterocycles. The number of hydrogen-bond donors (Lipinski definition) is 1. The lowest BCUT2D eigenvalue weighted by atomic mass is 9.97. The molecule has 0 spiro atoms. The Balaban J connectivity index is 1.57. The molecule has 1 saturated heterocycles. The first kappa shape index (κ1) is 10.4. The van der Waals surface area contributed by atoms with E-state index in [1.165, 1.54) is 58.3 Å². The van der Waals surface area contributed by atoms with Gasteiger partial charge in [-0.25, -0.2) is 0 Å². The van der Waals surface area contributed by atoms with E-state index in [0.29, 0.717) is 0 Å². The van der Waals surface area contributed by atoms with Crippen molar-refractivity contribution in [3.05, 3.63) is 0 Å². The molecule has 1 aliphatic heterocycles. The van der Waals surface area contributed by atoms with Crippen LogP contribution in [0.5, 0.6) is 0 Å². The number of hydrogen-bond acceptors (Lipinski definition) is 2. The van der Waals surface area contributed by atoms with Gasteiger partial charge in [-0.15, -0.1) is 0 Å². The van der Waals surface area contributed by atoms with E-state index in [-0.39, 0.29) is 0 Å². The van der Waals surface area contributed by atoms with Crippen LogP contribution in [0.2, 0.25) is 0 Å². The molecule has 2 fully saturated rings. The van der Waals surface area contributed by atoms with Gasteiger partial charge in [-0.05, 0) is 57.8 Å². The van der Waals surface area contributed by atoms with Crippen LogP contribution in [0.3, 0.4) is 0 Å². The molecular formula is C12H24N2. The molecule has 2 rings (SSSR count). The minimum Gasteiger partial charge on any atom is -0.317 e. The summed E-state index contributed by atoms with van der Waals surface area (Å²) in [5.74, 6) is 2.05. The first-order chi connectivity index (χ1) is 6.84. The van der Waals surface area contributed by atoms with E-state index in [9.17, 15) is 0 Å². The second kappa shape index (κ2) is 5.13. The third-order valence-electron chi connectivity index (χ3n) is 3.64. The number of nitrogens with zero attached hydrogens (tertiary/aromatic N) is 1.